The lowest BCUT2D eigenvalue weighted by Crippen LogP contribution is -2.48. The molecule has 0 amide bonds. The second kappa shape index (κ2) is 5.46. The maximum atomic E-state index is 12.0. The van der Waals surface area contributed by atoms with Crippen molar-refractivity contribution in [2.24, 2.45) is 5.92 Å². The zero-order valence-electron chi connectivity index (χ0n) is 10.7. The van der Waals surface area contributed by atoms with Gasteiger partial charge in [-0.05, 0) is 24.4 Å². The number of benzene rings is 1. The van der Waals surface area contributed by atoms with Gasteiger partial charge in [0.1, 0.15) is 5.78 Å². The SMILES string of the molecule is CC(C)C1C(=O)CCCN1Cc1ccccc1. The van der Waals surface area contributed by atoms with Crippen LogP contribution in [0.15, 0.2) is 30.3 Å². The topological polar surface area (TPSA) is 20.3 Å². The van der Waals surface area contributed by atoms with Crippen LogP contribution in [-0.2, 0) is 11.3 Å². The van der Waals surface area contributed by atoms with Crippen molar-refractivity contribution < 1.29 is 4.79 Å². The molecular formula is C15H21NO. The third-order valence-electron chi connectivity index (χ3n) is 3.45. The van der Waals surface area contributed by atoms with E-state index >= 15 is 0 Å². The highest BCUT2D eigenvalue weighted by molar-refractivity contribution is 5.84. The number of ketones is 1. The van der Waals surface area contributed by atoms with Gasteiger partial charge >= 0.3 is 0 Å². The van der Waals surface area contributed by atoms with E-state index in [4.69, 9.17) is 0 Å². The van der Waals surface area contributed by atoms with Gasteiger partial charge in [0.15, 0.2) is 0 Å². The van der Waals surface area contributed by atoms with Gasteiger partial charge in [-0.25, -0.2) is 0 Å². The van der Waals surface area contributed by atoms with Gasteiger partial charge in [-0.2, -0.15) is 0 Å². The van der Waals surface area contributed by atoms with E-state index in [0.717, 1.165) is 25.9 Å². The second-order valence-electron chi connectivity index (χ2n) is 5.21. The van der Waals surface area contributed by atoms with Crippen LogP contribution < -0.4 is 0 Å². The van der Waals surface area contributed by atoms with Crippen LogP contribution >= 0.6 is 0 Å². The minimum atomic E-state index is 0.115. The smallest absolute Gasteiger partial charge is 0.150 e. The normalized spacial score (nSPS) is 22.1. The van der Waals surface area contributed by atoms with Crippen LogP contribution in [0.4, 0.5) is 0 Å². The highest BCUT2D eigenvalue weighted by Gasteiger charge is 2.31. The van der Waals surface area contributed by atoms with Gasteiger partial charge in [0.05, 0.1) is 6.04 Å². The minimum absolute atomic E-state index is 0.115. The molecule has 1 aromatic carbocycles. The summed E-state index contributed by atoms with van der Waals surface area (Å²) in [7, 11) is 0. The van der Waals surface area contributed by atoms with Crippen molar-refractivity contribution in [1.29, 1.82) is 0 Å². The van der Waals surface area contributed by atoms with Gasteiger partial charge in [0.25, 0.3) is 0 Å². The molecule has 1 fully saturated rings. The number of hydrogen-bond donors (Lipinski definition) is 0. The summed E-state index contributed by atoms with van der Waals surface area (Å²) < 4.78 is 0. The minimum Gasteiger partial charge on any atom is -0.298 e. The van der Waals surface area contributed by atoms with E-state index in [-0.39, 0.29) is 6.04 Å². The van der Waals surface area contributed by atoms with Crippen molar-refractivity contribution >= 4 is 5.78 Å². The summed E-state index contributed by atoms with van der Waals surface area (Å²) in [6.45, 7) is 6.23. The Kier molecular flexibility index (Phi) is 3.95. The average molecular weight is 231 g/mol. The Morgan fingerprint density at radius 2 is 2.00 bits per heavy atom. The molecule has 0 aromatic heterocycles. The number of rotatable bonds is 3. The zero-order chi connectivity index (χ0) is 12.3. The van der Waals surface area contributed by atoms with Crippen LogP contribution in [-0.4, -0.2) is 23.3 Å². The first-order chi connectivity index (χ1) is 8.18. The molecule has 2 heteroatoms. The molecule has 1 aliphatic rings. The number of likely N-dealkylation sites (tertiary alicyclic amines) is 1. The Bertz CT molecular complexity index is 372. The van der Waals surface area contributed by atoms with Crippen molar-refractivity contribution in [3.8, 4) is 0 Å². The molecule has 1 aliphatic heterocycles. The number of hydrogen-bond acceptors (Lipinski definition) is 2. The highest BCUT2D eigenvalue weighted by Crippen LogP contribution is 2.22. The predicted octanol–water partition coefficient (Wildman–Crippen LogP) is 2.88. The van der Waals surface area contributed by atoms with E-state index in [9.17, 15) is 4.79 Å². The maximum absolute atomic E-state index is 12.0. The molecule has 0 saturated carbocycles. The Morgan fingerprint density at radius 1 is 1.29 bits per heavy atom. The Balaban J connectivity index is 2.10. The Hall–Kier alpha value is -1.15. The van der Waals surface area contributed by atoms with Gasteiger partial charge in [-0.1, -0.05) is 44.2 Å². The Labute approximate surface area is 104 Å². The van der Waals surface area contributed by atoms with Crippen LogP contribution in [0, 0.1) is 5.92 Å². The number of Topliss-reactive ketones (excluding diaryl/α,β-unsaturated/α-hetero) is 1. The first kappa shape index (κ1) is 12.3. The van der Waals surface area contributed by atoms with Crippen LogP contribution in [0.1, 0.15) is 32.3 Å². The lowest BCUT2D eigenvalue weighted by Gasteiger charge is -2.37. The molecule has 17 heavy (non-hydrogen) atoms. The van der Waals surface area contributed by atoms with Crippen LogP contribution in [0.2, 0.25) is 0 Å². The predicted molar refractivity (Wildman–Crippen MR) is 69.7 cm³/mol. The van der Waals surface area contributed by atoms with Crippen molar-refractivity contribution in [3.05, 3.63) is 35.9 Å². The molecule has 0 N–H and O–H groups in total. The zero-order valence-corrected chi connectivity index (χ0v) is 10.7. The lowest BCUT2D eigenvalue weighted by atomic mass is 9.91. The van der Waals surface area contributed by atoms with E-state index in [1.54, 1.807) is 0 Å². The fraction of sp³-hybridized carbons (Fsp3) is 0.533. The molecule has 0 radical (unpaired) electrons. The number of carbonyl (C=O) groups excluding carboxylic acids is 1. The van der Waals surface area contributed by atoms with Crippen LogP contribution in [0.5, 0.6) is 0 Å². The molecule has 0 bridgehead atoms. The molecule has 0 aliphatic carbocycles. The van der Waals surface area contributed by atoms with Crippen LogP contribution in [0.3, 0.4) is 0 Å². The summed E-state index contributed by atoms with van der Waals surface area (Å²) in [5.74, 6) is 0.827. The first-order valence-electron chi connectivity index (χ1n) is 6.49. The quantitative estimate of drug-likeness (QED) is 0.797. The van der Waals surface area contributed by atoms with Crippen molar-refractivity contribution in [3.63, 3.8) is 0 Å². The summed E-state index contributed by atoms with van der Waals surface area (Å²) in [6.07, 6.45) is 1.77. The molecule has 1 atom stereocenters. The van der Waals surface area contributed by atoms with E-state index in [1.807, 2.05) is 6.07 Å². The molecule has 92 valence electrons. The lowest BCUT2D eigenvalue weighted by molar-refractivity contribution is -0.129. The van der Waals surface area contributed by atoms with Crippen molar-refractivity contribution in [1.82, 2.24) is 4.90 Å². The summed E-state index contributed by atoms with van der Waals surface area (Å²) >= 11 is 0. The molecule has 0 spiro atoms. The van der Waals surface area contributed by atoms with Gasteiger partial charge in [-0.3, -0.25) is 9.69 Å². The summed E-state index contributed by atoms with van der Waals surface area (Å²) in [5.41, 5.74) is 1.30. The molecular weight excluding hydrogens is 210 g/mol. The maximum Gasteiger partial charge on any atom is 0.150 e. The third kappa shape index (κ3) is 2.95. The molecule has 2 nitrogen and oxygen atoms in total. The average Bonchev–Trinajstić information content (AvgIpc) is 2.30. The molecule has 1 heterocycles. The standard InChI is InChI=1S/C15H21NO/c1-12(2)15-14(17)9-6-10-16(15)11-13-7-4-3-5-8-13/h3-5,7-8,12,15H,6,9-11H2,1-2H3. The van der Waals surface area contributed by atoms with Crippen molar-refractivity contribution in [2.45, 2.75) is 39.3 Å². The third-order valence-corrected chi connectivity index (χ3v) is 3.45. The van der Waals surface area contributed by atoms with Gasteiger partial charge in [0.2, 0.25) is 0 Å². The monoisotopic (exact) mass is 231 g/mol. The summed E-state index contributed by atoms with van der Waals surface area (Å²) in [5, 5.41) is 0. The number of piperidine rings is 1. The molecule has 1 unspecified atom stereocenters. The van der Waals surface area contributed by atoms with Crippen LogP contribution in [0.25, 0.3) is 0 Å². The van der Waals surface area contributed by atoms with Gasteiger partial charge in [0, 0.05) is 13.0 Å². The van der Waals surface area contributed by atoms with E-state index < -0.39 is 0 Å². The number of nitrogens with zero attached hydrogens (tertiary/aromatic N) is 1. The van der Waals surface area contributed by atoms with E-state index in [0.29, 0.717) is 11.7 Å². The fourth-order valence-corrected chi connectivity index (χ4v) is 2.74. The van der Waals surface area contributed by atoms with Gasteiger partial charge in [-0.15, -0.1) is 0 Å². The van der Waals surface area contributed by atoms with E-state index in [2.05, 4.69) is 43.0 Å². The van der Waals surface area contributed by atoms with Crippen molar-refractivity contribution in [2.75, 3.05) is 6.54 Å². The highest BCUT2D eigenvalue weighted by atomic mass is 16.1. The summed E-state index contributed by atoms with van der Waals surface area (Å²) in [6, 6.07) is 10.5. The molecule has 1 saturated heterocycles. The fourth-order valence-electron chi connectivity index (χ4n) is 2.74. The Morgan fingerprint density at radius 3 is 2.65 bits per heavy atom. The number of carbonyl (C=O) groups is 1. The summed E-state index contributed by atoms with van der Waals surface area (Å²) in [4.78, 5) is 14.3. The van der Waals surface area contributed by atoms with E-state index in [1.165, 1.54) is 5.56 Å². The second-order valence-corrected chi connectivity index (χ2v) is 5.21. The molecule has 1 aromatic rings. The first-order valence-corrected chi connectivity index (χ1v) is 6.49. The van der Waals surface area contributed by atoms with Gasteiger partial charge < -0.3 is 0 Å². The largest absolute Gasteiger partial charge is 0.298 e. The molecule has 2 rings (SSSR count).